The van der Waals surface area contributed by atoms with E-state index in [1.165, 1.54) is 6.42 Å². The minimum Gasteiger partial charge on any atom is -0.497 e. The molecule has 1 aliphatic rings. The van der Waals surface area contributed by atoms with E-state index >= 15 is 0 Å². The summed E-state index contributed by atoms with van der Waals surface area (Å²) in [4.78, 5) is 2.12. The third-order valence-electron chi connectivity index (χ3n) is 3.33. The van der Waals surface area contributed by atoms with E-state index in [0.717, 1.165) is 48.8 Å². The summed E-state index contributed by atoms with van der Waals surface area (Å²) in [5.41, 5.74) is 1.10. The predicted molar refractivity (Wildman–Crippen MR) is 71.5 cm³/mol. The molecule has 0 amide bonds. The van der Waals surface area contributed by atoms with Crippen molar-refractivity contribution in [2.75, 3.05) is 20.8 Å². The summed E-state index contributed by atoms with van der Waals surface area (Å²) < 4.78 is 10.6. The van der Waals surface area contributed by atoms with Gasteiger partial charge in [0.05, 0.1) is 20.1 Å². The number of methoxy groups -OCH3 is 2. The average Bonchev–Trinajstić information content (AvgIpc) is 2.41. The van der Waals surface area contributed by atoms with E-state index in [2.05, 4.69) is 4.90 Å². The Morgan fingerprint density at radius 3 is 2.72 bits per heavy atom. The van der Waals surface area contributed by atoms with E-state index < -0.39 is 0 Å². The summed E-state index contributed by atoms with van der Waals surface area (Å²) in [6.07, 6.45) is 3.19. The van der Waals surface area contributed by atoms with Gasteiger partial charge in [-0.2, -0.15) is 0 Å². The molecular formula is C14H20N2O2. The van der Waals surface area contributed by atoms with E-state index in [-0.39, 0.29) is 0 Å². The number of piperidine rings is 1. The fourth-order valence-corrected chi connectivity index (χ4v) is 2.25. The molecule has 4 nitrogen and oxygen atoms in total. The average molecular weight is 248 g/mol. The monoisotopic (exact) mass is 248 g/mol. The first-order valence-corrected chi connectivity index (χ1v) is 6.28. The van der Waals surface area contributed by atoms with E-state index in [0.29, 0.717) is 0 Å². The van der Waals surface area contributed by atoms with Gasteiger partial charge in [0.1, 0.15) is 11.5 Å². The van der Waals surface area contributed by atoms with Gasteiger partial charge in [-0.05, 0) is 25.0 Å². The van der Waals surface area contributed by atoms with Crippen molar-refractivity contribution in [3.8, 4) is 11.5 Å². The van der Waals surface area contributed by atoms with Gasteiger partial charge >= 0.3 is 0 Å². The van der Waals surface area contributed by atoms with Gasteiger partial charge in [-0.1, -0.05) is 0 Å². The maximum atomic E-state index is 7.96. The van der Waals surface area contributed by atoms with E-state index in [1.54, 1.807) is 14.2 Å². The molecule has 1 N–H and O–H groups in total. The van der Waals surface area contributed by atoms with Crippen molar-refractivity contribution in [3.05, 3.63) is 23.8 Å². The topological polar surface area (TPSA) is 45.5 Å². The summed E-state index contributed by atoms with van der Waals surface area (Å²) in [5, 5.41) is 7.96. The first kappa shape index (κ1) is 12.7. The first-order chi connectivity index (χ1) is 8.74. The maximum absolute atomic E-state index is 7.96. The highest BCUT2D eigenvalue weighted by molar-refractivity contribution is 5.79. The number of likely N-dealkylation sites (tertiary alicyclic amines) is 1. The molecule has 0 aromatic heterocycles. The summed E-state index contributed by atoms with van der Waals surface area (Å²) in [7, 11) is 3.31. The molecule has 0 atom stereocenters. The molecule has 4 heteroatoms. The number of nitrogens with one attached hydrogen (secondary N) is 1. The highest BCUT2D eigenvalue weighted by Crippen LogP contribution is 2.26. The van der Waals surface area contributed by atoms with Crippen molar-refractivity contribution < 1.29 is 9.47 Å². The largest absolute Gasteiger partial charge is 0.497 e. The van der Waals surface area contributed by atoms with Crippen molar-refractivity contribution in [1.82, 2.24) is 4.90 Å². The predicted octanol–water partition coefficient (Wildman–Crippen LogP) is 2.67. The third kappa shape index (κ3) is 2.75. The van der Waals surface area contributed by atoms with Gasteiger partial charge < -0.3 is 14.4 Å². The highest BCUT2D eigenvalue weighted by atomic mass is 16.5. The van der Waals surface area contributed by atoms with Gasteiger partial charge in [0.2, 0.25) is 0 Å². The van der Waals surface area contributed by atoms with E-state index in [4.69, 9.17) is 14.9 Å². The summed E-state index contributed by atoms with van der Waals surface area (Å²) in [6.45, 7) is 1.71. The zero-order chi connectivity index (χ0) is 13.0. The molecule has 2 rings (SSSR count). The lowest BCUT2D eigenvalue weighted by Gasteiger charge is -2.29. The van der Waals surface area contributed by atoms with Crippen LogP contribution in [0.15, 0.2) is 18.2 Å². The Morgan fingerprint density at radius 2 is 2.06 bits per heavy atom. The Balaban J connectivity index is 2.14. The molecule has 18 heavy (non-hydrogen) atoms. The van der Waals surface area contributed by atoms with Crippen molar-refractivity contribution in [2.45, 2.75) is 25.8 Å². The molecule has 98 valence electrons. The summed E-state index contributed by atoms with van der Waals surface area (Å²) >= 11 is 0. The Morgan fingerprint density at radius 1 is 1.22 bits per heavy atom. The van der Waals surface area contributed by atoms with Gasteiger partial charge in [-0.15, -0.1) is 0 Å². The van der Waals surface area contributed by atoms with Crippen LogP contribution in [0.5, 0.6) is 11.5 Å². The van der Waals surface area contributed by atoms with Crippen molar-refractivity contribution in [1.29, 1.82) is 5.41 Å². The molecule has 1 aromatic carbocycles. The molecule has 1 saturated heterocycles. The minimum absolute atomic E-state index is 0.735. The van der Waals surface area contributed by atoms with Gasteiger partial charge in [-0.3, -0.25) is 5.41 Å². The fourth-order valence-electron chi connectivity index (χ4n) is 2.25. The van der Waals surface area contributed by atoms with Crippen LogP contribution in [0, 0.1) is 5.41 Å². The molecule has 1 aliphatic heterocycles. The Kier molecular flexibility index (Phi) is 4.07. The van der Waals surface area contributed by atoms with Crippen LogP contribution in [0.1, 0.15) is 24.8 Å². The van der Waals surface area contributed by atoms with Crippen LogP contribution in [0.4, 0.5) is 0 Å². The van der Waals surface area contributed by atoms with Crippen molar-refractivity contribution >= 4 is 5.84 Å². The van der Waals surface area contributed by atoms with Crippen LogP contribution >= 0.6 is 0 Å². The van der Waals surface area contributed by atoms with Crippen LogP contribution in [-0.4, -0.2) is 31.5 Å². The number of hydrogen-bond donors (Lipinski definition) is 1. The quantitative estimate of drug-likeness (QED) is 0.891. The normalized spacial score (nSPS) is 15.7. The minimum atomic E-state index is 0.735. The van der Waals surface area contributed by atoms with Crippen LogP contribution in [0.2, 0.25) is 0 Å². The van der Waals surface area contributed by atoms with Gasteiger partial charge in [0.15, 0.2) is 0 Å². The first-order valence-electron chi connectivity index (χ1n) is 6.28. The second-order valence-electron chi connectivity index (χ2n) is 4.50. The summed E-state index contributed by atoms with van der Waals surface area (Å²) in [5.74, 6) is 2.36. The zero-order valence-corrected chi connectivity index (χ0v) is 11.0. The standard InChI is InChI=1S/C14H20N2O2/c1-17-12-7-6-11(13(9-12)18-2)10-16-8-4-3-5-14(16)15/h6-7,9,15H,3-5,8,10H2,1-2H3. The van der Waals surface area contributed by atoms with Gasteiger partial charge in [0.25, 0.3) is 0 Å². The number of hydrogen-bond acceptors (Lipinski definition) is 3. The van der Waals surface area contributed by atoms with Crippen LogP contribution in [0.25, 0.3) is 0 Å². The molecule has 0 bridgehead atoms. The number of ether oxygens (including phenoxy) is 2. The number of amidine groups is 1. The highest BCUT2D eigenvalue weighted by Gasteiger charge is 2.16. The molecule has 0 radical (unpaired) electrons. The molecule has 1 aromatic rings. The SMILES string of the molecule is COc1ccc(CN2CCCCC2=N)c(OC)c1. The van der Waals surface area contributed by atoms with Crippen molar-refractivity contribution in [3.63, 3.8) is 0 Å². The van der Waals surface area contributed by atoms with Gasteiger partial charge in [-0.25, -0.2) is 0 Å². The Hall–Kier alpha value is -1.71. The Bertz CT molecular complexity index is 432. The number of rotatable bonds is 4. The molecule has 1 heterocycles. The lowest BCUT2D eigenvalue weighted by atomic mass is 10.1. The molecule has 0 aliphatic carbocycles. The zero-order valence-electron chi connectivity index (χ0n) is 11.0. The van der Waals surface area contributed by atoms with Crippen LogP contribution in [-0.2, 0) is 6.54 Å². The molecule has 0 saturated carbocycles. The van der Waals surface area contributed by atoms with Crippen molar-refractivity contribution in [2.24, 2.45) is 0 Å². The van der Waals surface area contributed by atoms with Crippen LogP contribution < -0.4 is 9.47 Å². The van der Waals surface area contributed by atoms with Gasteiger partial charge in [0, 0.05) is 31.1 Å². The molecular weight excluding hydrogens is 228 g/mol. The third-order valence-corrected chi connectivity index (χ3v) is 3.33. The molecule has 0 spiro atoms. The summed E-state index contributed by atoms with van der Waals surface area (Å²) in [6, 6.07) is 5.84. The molecule has 0 unspecified atom stereocenters. The maximum Gasteiger partial charge on any atom is 0.127 e. The second-order valence-corrected chi connectivity index (χ2v) is 4.50. The second kappa shape index (κ2) is 5.76. The number of benzene rings is 1. The molecule has 1 fully saturated rings. The smallest absolute Gasteiger partial charge is 0.127 e. The Labute approximate surface area is 108 Å². The lowest BCUT2D eigenvalue weighted by Crippen LogP contribution is -2.34. The van der Waals surface area contributed by atoms with E-state index in [1.807, 2.05) is 18.2 Å². The van der Waals surface area contributed by atoms with E-state index in [9.17, 15) is 0 Å². The number of nitrogens with zero attached hydrogens (tertiary/aromatic N) is 1. The lowest BCUT2D eigenvalue weighted by molar-refractivity contribution is 0.345. The van der Waals surface area contributed by atoms with Crippen LogP contribution in [0.3, 0.4) is 0 Å². The fraction of sp³-hybridized carbons (Fsp3) is 0.500.